The molecule has 0 saturated carbocycles. The van der Waals surface area contributed by atoms with Crippen molar-refractivity contribution in [3.63, 3.8) is 0 Å². The number of nitrogens with zero attached hydrogens (tertiary/aromatic N) is 1. The summed E-state index contributed by atoms with van der Waals surface area (Å²) >= 11 is 0. The van der Waals surface area contributed by atoms with E-state index in [1.54, 1.807) is 6.07 Å². The van der Waals surface area contributed by atoms with Crippen molar-refractivity contribution >= 4 is 17.2 Å². The van der Waals surface area contributed by atoms with Gasteiger partial charge in [-0.25, -0.2) is 0 Å². The molecule has 4 heteroatoms. The number of rotatable bonds is 4. The highest BCUT2D eigenvalue weighted by Gasteiger charge is 2.07. The van der Waals surface area contributed by atoms with Gasteiger partial charge in [0.1, 0.15) is 5.82 Å². The normalized spacial score (nSPS) is 10.7. The molecule has 3 N–H and O–H groups in total. The lowest BCUT2D eigenvalue weighted by atomic mass is 10.1. The molecule has 20 heavy (non-hydrogen) atoms. The number of pyridine rings is 1. The quantitative estimate of drug-likeness (QED) is 0.887. The van der Waals surface area contributed by atoms with Crippen LogP contribution in [0.15, 0.2) is 30.3 Å². The second-order valence-electron chi connectivity index (χ2n) is 5.26. The van der Waals surface area contributed by atoms with Gasteiger partial charge >= 0.3 is 0 Å². The second kappa shape index (κ2) is 5.82. The Morgan fingerprint density at radius 3 is 2.35 bits per heavy atom. The van der Waals surface area contributed by atoms with E-state index in [9.17, 15) is 0 Å². The van der Waals surface area contributed by atoms with Gasteiger partial charge in [0, 0.05) is 5.69 Å². The summed E-state index contributed by atoms with van der Waals surface area (Å²) in [6, 6.07) is 9.94. The summed E-state index contributed by atoms with van der Waals surface area (Å²) in [4.78, 5) is 4.41. The summed E-state index contributed by atoms with van der Waals surface area (Å²) in [6.07, 6.45) is 0.0428. The number of nitrogens with one attached hydrogen (secondary N) is 1. The molecule has 0 spiro atoms. The molecular formula is C16H21N3O. The maximum absolute atomic E-state index is 5.86. The summed E-state index contributed by atoms with van der Waals surface area (Å²) in [5, 5.41) is 3.28. The Kier molecular flexibility index (Phi) is 4.13. The van der Waals surface area contributed by atoms with E-state index in [1.165, 1.54) is 11.1 Å². The molecular weight excluding hydrogens is 250 g/mol. The minimum atomic E-state index is 0.0428. The van der Waals surface area contributed by atoms with Crippen LogP contribution in [0.25, 0.3) is 0 Å². The largest absolute Gasteiger partial charge is 0.473 e. The molecule has 0 aliphatic carbocycles. The minimum Gasteiger partial charge on any atom is -0.473 e. The van der Waals surface area contributed by atoms with Crippen molar-refractivity contribution in [2.24, 2.45) is 0 Å². The van der Waals surface area contributed by atoms with Crippen molar-refractivity contribution in [1.29, 1.82) is 0 Å². The average molecular weight is 271 g/mol. The third kappa shape index (κ3) is 3.63. The molecule has 1 heterocycles. The third-order valence-corrected chi connectivity index (χ3v) is 2.73. The van der Waals surface area contributed by atoms with Gasteiger partial charge in [-0.05, 0) is 63.1 Å². The molecule has 2 aromatic rings. The predicted molar refractivity (Wildman–Crippen MR) is 83.6 cm³/mol. The van der Waals surface area contributed by atoms with Crippen LogP contribution in [0.2, 0.25) is 0 Å². The average Bonchev–Trinajstić information content (AvgIpc) is 2.31. The van der Waals surface area contributed by atoms with Gasteiger partial charge in [0.2, 0.25) is 5.88 Å². The van der Waals surface area contributed by atoms with Crippen molar-refractivity contribution in [3.8, 4) is 5.88 Å². The standard InChI is InChI=1S/C16H21N3O/c1-10(2)20-16-14(17)5-6-15(19-16)18-13-8-11(3)7-12(4)9-13/h5-10H,17H2,1-4H3,(H,18,19). The number of ether oxygens (including phenoxy) is 1. The van der Waals surface area contributed by atoms with Crippen molar-refractivity contribution in [2.45, 2.75) is 33.8 Å². The fourth-order valence-corrected chi connectivity index (χ4v) is 2.03. The van der Waals surface area contributed by atoms with E-state index >= 15 is 0 Å². The van der Waals surface area contributed by atoms with Gasteiger partial charge < -0.3 is 15.8 Å². The molecule has 0 unspecified atom stereocenters. The van der Waals surface area contributed by atoms with Crippen LogP contribution < -0.4 is 15.8 Å². The number of hydrogen-bond acceptors (Lipinski definition) is 4. The molecule has 0 aliphatic rings. The summed E-state index contributed by atoms with van der Waals surface area (Å²) in [5.41, 5.74) is 9.84. The van der Waals surface area contributed by atoms with Gasteiger partial charge in [0.05, 0.1) is 11.8 Å². The van der Waals surface area contributed by atoms with E-state index in [-0.39, 0.29) is 6.10 Å². The molecule has 0 amide bonds. The summed E-state index contributed by atoms with van der Waals surface area (Å²) in [7, 11) is 0. The summed E-state index contributed by atoms with van der Waals surface area (Å²) in [5.74, 6) is 1.19. The van der Waals surface area contributed by atoms with Crippen LogP contribution >= 0.6 is 0 Å². The first-order valence-electron chi connectivity index (χ1n) is 6.72. The number of nitrogen functional groups attached to an aromatic ring is 1. The molecule has 106 valence electrons. The predicted octanol–water partition coefficient (Wildman–Crippen LogP) is 3.81. The lowest BCUT2D eigenvalue weighted by Crippen LogP contribution is -2.09. The van der Waals surface area contributed by atoms with Gasteiger partial charge in [-0.15, -0.1) is 0 Å². The van der Waals surface area contributed by atoms with E-state index in [0.717, 1.165) is 11.5 Å². The van der Waals surface area contributed by atoms with Gasteiger partial charge in [0.25, 0.3) is 0 Å². The molecule has 0 radical (unpaired) electrons. The van der Waals surface area contributed by atoms with Crippen LogP contribution in [0.4, 0.5) is 17.2 Å². The maximum Gasteiger partial charge on any atom is 0.239 e. The minimum absolute atomic E-state index is 0.0428. The van der Waals surface area contributed by atoms with E-state index in [0.29, 0.717) is 11.6 Å². The van der Waals surface area contributed by atoms with E-state index in [1.807, 2.05) is 19.9 Å². The van der Waals surface area contributed by atoms with Crippen LogP contribution in [0, 0.1) is 13.8 Å². The van der Waals surface area contributed by atoms with Crippen molar-refractivity contribution < 1.29 is 4.74 Å². The van der Waals surface area contributed by atoms with Crippen molar-refractivity contribution in [3.05, 3.63) is 41.5 Å². The maximum atomic E-state index is 5.86. The zero-order valence-electron chi connectivity index (χ0n) is 12.4. The lowest BCUT2D eigenvalue weighted by Gasteiger charge is -2.13. The number of anilines is 3. The Labute approximate surface area is 120 Å². The second-order valence-corrected chi connectivity index (χ2v) is 5.26. The van der Waals surface area contributed by atoms with E-state index in [4.69, 9.17) is 10.5 Å². The Bertz CT molecular complexity index is 588. The van der Waals surface area contributed by atoms with Crippen LogP contribution in [-0.2, 0) is 0 Å². The van der Waals surface area contributed by atoms with Crippen molar-refractivity contribution in [1.82, 2.24) is 4.98 Å². The zero-order chi connectivity index (χ0) is 14.7. The Morgan fingerprint density at radius 2 is 1.75 bits per heavy atom. The number of hydrogen-bond donors (Lipinski definition) is 2. The fraction of sp³-hybridized carbons (Fsp3) is 0.312. The van der Waals surface area contributed by atoms with Gasteiger partial charge in [-0.3, -0.25) is 0 Å². The number of aryl methyl sites for hydroxylation is 2. The SMILES string of the molecule is Cc1cc(C)cc(Nc2ccc(N)c(OC(C)C)n2)c1. The Hall–Kier alpha value is -2.23. The van der Waals surface area contributed by atoms with Gasteiger partial charge in [0.15, 0.2) is 0 Å². The summed E-state index contributed by atoms with van der Waals surface area (Å²) in [6.45, 7) is 8.04. The van der Waals surface area contributed by atoms with Gasteiger partial charge in [-0.1, -0.05) is 6.07 Å². The van der Waals surface area contributed by atoms with Crippen LogP contribution in [-0.4, -0.2) is 11.1 Å². The molecule has 1 aromatic heterocycles. The first-order valence-corrected chi connectivity index (χ1v) is 6.72. The molecule has 2 rings (SSSR count). The molecule has 0 atom stereocenters. The van der Waals surface area contributed by atoms with Crippen molar-refractivity contribution in [2.75, 3.05) is 11.1 Å². The Morgan fingerprint density at radius 1 is 1.10 bits per heavy atom. The smallest absolute Gasteiger partial charge is 0.239 e. The molecule has 0 bridgehead atoms. The fourth-order valence-electron chi connectivity index (χ4n) is 2.03. The number of nitrogens with two attached hydrogens (primary N) is 1. The van der Waals surface area contributed by atoms with Crippen LogP contribution in [0.3, 0.4) is 0 Å². The number of benzene rings is 1. The van der Waals surface area contributed by atoms with E-state index < -0.39 is 0 Å². The summed E-state index contributed by atoms with van der Waals surface area (Å²) < 4.78 is 5.59. The first-order chi connectivity index (χ1) is 9.44. The zero-order valence-corrected chi connectivity index (χ0v) is 12.4. The molecule has 0 fully saturated rings. The third-order valence-electron chi connectivity index (χ3n) is 2.73. The first kappa shape index (κ1) is 14.2. The highest BCUT2D eigenvalue weighted by Crippen LogP contribution is 2.24. The van der Waals surface area contributed by atoms with Gasteiger partial charge in [-0.2, -0.15) is 4.98 Å². The van der Waals surface area contributed by atoms with E-state index in [2.05, 4.69) is 42.3 Å². The highest BCUT2D eigenvalue weighted by molar-refractivity contribution is 5.61. The molecule has 1 aromatic carbocycles. The topological polar surface area (TPSA) is 60.2 Å². The molecule has 0 aliphatic heterocycles. The Balaban J connectivity index is 2.25. The lowest BCUT2D eigenvalue weighted by molar-refractivity contribution is 0.234. The van der Waals surface area contributed by atoms with Crippen LogP contribution in [0.5, 0.6) is 5.88 Å². The molecule has 4 nitrogen and oxygen atoms in total. The highest BCUT2D eigenvalue weighted by atomic mass is 16.5. The van der Waals surface area contributed by atoms with Crippen LogP contribution in [0.1, 0.15) is 25.0 Å². The number of aromatic nitrogens is 1. The monoisotopic (exact) mass is 271 g/mol. The molecule has 0 saturated heterocycles.